The Kier molecular flexibility index (Phi) is 6.02. The molecule has 20 heavy (non-hydrogen) atoms. The molecule has 1 saturated heterocycles. The summed E-state index contributed by atoms with van der Waals surface area (Å²) in [6, 6.07) is 0.382. The van der Waals surface area contributed by atoms with Crippen LogP contribution in [0, 0.1) is 5.41 Å². The lowest BCUT2D eigenvalue weighted by Crippen LogP contribution is -2.57. The molecule has 0 aliphatic carbocycles. The third-order valence-electron chi connectivity index (χ3n) is 4.79. The summed E-state index contributed by atoms with van der Waals surface area (Å²) >= 11 is 0. The molecular formula is C16H33N3O. The predicted octanol–water partition coefficient (Wildman–Crippen LogP) is 2.13. The molecule has 3 N–H and O–H groups in total. The number of primary amides is 1. The molecule has 2 atom stereocenters. The molecule has 0 radical (unpaired) electrons. The Bertz CT molecular complexity index is 320. The number of nitrogens with zero attached hydrogens (tertiary/aromatic N) is 1. The van der Waals surface area contributed by atoms with Crippen molar-refractivity contribution in [3.63, 3.8) is 0 Å². The van der Waals surface area contributed by atoms with E-state index in [1.165, 1.54) is 12.8 Å². The van der Waals surface area contributed by atoms with Crippen LogP contribution in [-0.2, 0) is 4.79 Å². The van der Waals surface area contributed by atoms with Crippen molar-refractivity contribution in [1.29, 1.82) is 0 Å². The lowest BCUT2D eigenvalue weighted by atomic mass is 9.81. The second-order valence-corrected chi connectivity index (χ2v) is 7.38. The zero-order valence-corrected chi connectivity index (χ0v) is 14.0. The van der Waals surface area contributed by atoms with Gasteiger partial charge in [-0.05, 0) is 64.6 Å². The standard InChI is InChI=1S/C16H33N3O/c1-6-9-18-16(5,14(17)20)12-13(2)19-10-7-15(3,4)8-11-19/h13,18H,6-12H2,1-5H3,(H2,17,20). The fraction of sp³-hybridized carbons (Fsp3) is 0.938. The number of carbonyl (C=O) groups excluding carboxylic acids is 1. The molecule has 118 valence electrons. The monoisotopic (exact) mass is 283 g/mol. The van der Waals surface area contributed by atoms with E-state index in [-0.39, 0.29) is 5.91 Å². The molecular weight excluding hydrogens is 250 g/mol. The summed E-state index contributed by atoms with van der Waals surface area (Å²) in [5, 5.41) is 3.33. The highest BCUT2D eigenvalue weighted by Crippen LogP contribution is 2.31. The molecule has 1 aliphatic heterocycles. The van der Waals surface area contributed by atoms with Crippen LogP contribution >= 0.6 is 0 Å². The summed E-state index contributed by atoms with van der Waals surface area (Å²) in [4.78, 5) is 14.3. The quantitative estimate of drug-likeness (QED) is 0.752. The van der Waals surface area contributed by atoms with Crippen molar-refractivity contribution in [2.45, 2.75) is 71.9 Å². The molecule has 0 spiro atoms. The topological polar surface area (TPSA) is 58.4 Å². The van der Waals surface area contributed by atoms with Crippen molar-refractivity contribution in [3.8, 4) is 0 Å². The lowest BCUT2D eigenvalue weighted by molar-refractivity contribution is -0.124. The number of nitrogens with one attached hydrogen (secondary N) is 1. The van der Waals surface area contributed by atoms with E-state index in [2.05, 4.69) is 37.9 Å². The van der Waals surface area contributed by atoms with Crippen LogP contribution in [0.1, 0.15) is 60.3 Å². The summed E-state index contributed by atoms with van der Waals surface area (Å²) in [7, 11) is 0. The maximum atomic E-state index is 11.8. The summed E-state index contributed by atoms with van der Waals surface area (Å²) in [6.45, 7) is 14.0. The van der Waals surface area contributed by atoms with Crippen LogP contribution in [0.15, 0.2) is 0 Å². The molecule has 4 nitrogen and oxygen atoms in total. The first kappa shape index (κ1) is 17.4. The summed E-state index contributed by atoms with van der Waals surface area (Å²) in [6.07, 6.45) is 4.25. The van der Waals surface area contributed by atoms with Crippen molar-refractivity contribution in [1.82, 2.24) is 10.2 Å². The first-order valence-corrected chi connectivity index (χ1v) is 7.99. The number of nitrogens with two attached hydrogens (primary N) is 1. The van der Waals surface area contributed by atoms with Gasteiger partial charge in [-0.15, -0.1) is 0 Å². The second-order valence-electron chi connectivity index (χ2n) is 7.38. The van der Waals surface area contributed by atoms with Gasteiger partial charge in [0.1, 0.15) is 0 Å². The van der Waals surface area contributed by atoms with Crippen LogP contribution in [0.25, 0.3) is 0 Å². The number of likely N-dealkylation sites (tertiary alicyclic amines) is 1. The number of rotatable bonds is 7. The van der Waals surface area contributed by atoms with E-state index in [9.17, 15) is 4.79 Å². The highest BCUT2D eigenvalue weighted by molar-refractivity contribution is 5.84. The van der Waals surface area contributed by atoms with Crippen molar-refractivity contribution >= 4 is 5.91 Å². The maximum Gasteiger partial charge on any atom is 0.237 e. The number of piperidine rings is 1. The molecule has 1 heterocycles. The van der Waals surface area contributed by atoms with E-state index < -0.39 is 5.54 Å². The van der Waals surface area contributed by atoms with Gasteiger partial charge in [0.2, 0.25) is 5.91 Å². The summed E-state index contributed by atoms with van der Waals surface area (Å²) in [5.74, 6) is -0.241. The third kappa shape index (κ3) is 4.74. The average molecular weight is 283 g/mol. The minimum Gasteiger partial charge on any atom is -0.368 e. The Morgan fingerprint density at radius 2 is 1.95 bits per heavy atom. The highest BCUT2D eigenvalue weighted by Gasteiger charge is 2.35. The number of carbonyl (C=O) groups is 1. The van der Waals surface area contributed by atoms with Crippen molar-refractivity contribution in [2.75, 3.05) is 19.6 Å². The predicted molar refractivity (Wildman–Crippen MR) is 84.6 cm³/mol. The van der Waals surface area contributed by atoms with Crippen molar-refractivity contribution < 1.29 is 4.79 Å². The zero-order valence-electron chi connectivity index (χ0n) is 14.0. The van der Waals surface area contributed by atoms with E-state index in [0.717, 1.165) is 32.5 Å². The largest absolute Gasteiger partial charge is 0.368 e. The van der Waals surface area contributed by atoms with Gasteiger partial charge in [-0.25, -0.2) is 0 Å². The molecule has 1 amide bonds. The van der Waals surface area contributed by atoms with Crippen LogP contribution in [0.5, 0.6) is 0 Å². The van der Waals surface area contributed by atoms with Crippen LogP contribution in [0.4, 0.5) is 0 Å². The molecule has 1 aliphatic rings. The van der Waals surface area contributed by atoms with Gasteiger partial charge in [-0.2, -0.15) is 0 Å². The van der Waals surface area contributed by atoms with Gasteiger partial charge in [0.15, 0.2) is 0 Å². The molecule has 0 aromatic heterocycles. The summed E-state index contributed by atoms with van der Waals surface area (Å²) < 4.78 is 0. The van der Waals surface area contributed by atoms with Gasteiger partial charge in [0, 0.05) is 6.04 Å². The fourth-order valence-corrected chi connectivity index (χ4v) is 2.95. The normalized spacial score (nSPS) is 24.1. The molecule has 2 unspecified atom stereocenters. The Hall–Kier alpha value is -0.610. The molecule has 0 bridgehead atoms. The molecule has 1 rings (SSSR count). The van der Waals surface area contributed by atoms with Crippen molar-refractivity contribution in [2.24, 2.45) is 11.1 Å². The lowest BCUT2D eigenvalue weighted by Gasteiger charge is -2.42. The Labute approximate surface area is 124 Å². The van der Waals surface area contributed by atoms with Gasteiger partial charge in [-0.3, -0.25) is 4.79 Å². The fourth-order valence-electron chi connectivity index (χ4n) is 2.95. The van der Waals surface area contributed by atoms with Crippen LogP contribution in [0.2, 0.25) is 0 Å². The van der Waals surface area contributed by atoms with Crippen LogP contribution in [0.3, 0.4) is 0 Å². The molecule has 0 aromatic rings. The van der Waals surface area contributed by atoms with Crippen LogP contribution in [-0.4, -0.2) is 42.0 Å². The SMILES string of the molecule is CCCNC(C)(CC(C)N1CCC(C)(C)CC1)C(N)=O. The maximum absolute atomic E-state index is 11.8. The van der Waals surface area contributed by atoms with E-state index in [1.54, 1.807) is 0 Å². The molecule has 1 fully saturated rings. The smallest absolute Gasteiger partial charge is 0.237 e. The third-order valence-corrected chi connectivity index (χ3v) is 4.79. The Balaban J connectivity index is 2.58. The van der Waals surface area contributed by atoms with E-state index in [4.69, 9.17) is 5.73 Å². The molecule has 0 aromatic carbocycles. The average Bonchev–Trinajstić information content (AvgIpc) is 2.35. The minimum atomic E-state index is -0.595. The second kappa shape index (κ2) is 6.90. The number of hydrogen-bond donors (Lipinski definition) is 2. The van der Waals surface area contributed by atoms with E-state index >= 15 is 0 Å². The van der Waals surface area contributed by atoms with Gasteiger partial charge >= 0.3 is 0 Å². The van der Waals surface area contributed by atoms with Crippen molar-refractivity contribution in [3.05, 3.63) is 0 Å². The molecule has 4 heteroatoms. The minimum absolute atomic E-state index is 0.241. The van der Waals surface area contributed by atoms with E-state index in [0.29, 0.717) is 11.5 Å². The number of hydrogen-bond acceptors (Lipinski definition) is 3. The molecule has 0 saturated carbocycles. The zero-order chi connectivity index (χ0) is 15.4. The summed E-state index contributed by atoms with van der Waals surface area (Å²) in [5.41, 5.74) is 5.48. The van der Waals surface area contributed by atoms with Gasteiger partial charge in [-0.1, -0.05) is 20.8 Å². The Morgan fingerprint density at radius 3 is 2.40 bits per heavy atom. The van der Waals surface area contributed by atoms with E-state index in [1.807, 2.05) is 6.92 Å². The van der Waals surface area contributed by atoms with Gasteiger partial charge in [0.05, 0.1) is 5.54 Å². The Morgan fingerprint density at radius 1 is 1.40 bits per heavy atom. The number of amides is 1. The van der Waals surface area contributed by atoms with Crippen LogP contribution < -0.4 is 11.1 Å². The highest BCUT2D eigenvalue weighted by atomic mass is 16.1. The first-order chi connectivity index (χ1) is 9.20. The first-order valence-electron chi connectivity index (χ1n) is 7.99. The van der Waals surface area contributed by atoms with Gasteiger partial charge in [0.25, 0.3) is 0 Å². The van der Waals surface area contributed by atoms with Gasteiger partial charge < -0.3 is 16.0 Å².